The molecule has 0 spiro atoms. The summed E-state index contributed by atoms with van der Waals surface area (Å²) < 4.78 is 1.77. The van der Waals surface area contributed by atoms with E-state index in [1.54, 1.807) is 4.57 Å². The molecule has 2 aromatic rings. The molecule has 1 aromatic carbocycles. The number of benzene rings is 1. The lowest BCUT2D eigenvalue weighted by Gasteiger charge is -2.29. The third-order valence-electron chi connectivity index (χ3n) is 3.44. The topological polar surface area (TPSA) is 37.8 Å². The van der Waals surface area contributed by atoms with Crippen molar-refractivity contribution in [3.8, 4) is 0 Å². The maximum absolute atomic E-state index is 12.2. The van der Waals surface area contributed by atoms with Crippen LogP contribution in [0.4, 0.5) is 0 Å². The number of aromatic amines is 1. The first-order chi connectivity index (χ1) is 8.77. The van der Waals surface area contributed by atoms with E-state index < -0.39 is 5.54 Å². The minimum absolute atomic E-state index is 0.101. The first-order valence-corrected chi connectivity index (χ1v) is 5.95. The van der Waals surface area contributed by atoms with Crippen LogP contribution in [0.15, 0.2) is 66.0 Å². The quantitative estimate of drug-likeness (QED) is 0.803. The molecule has 3 heteroatoms. The zero-order valence-corrected chi connectivity index (χ0v) is 9.97. The van der Waals surface area contributed by atoms with E-state index in [9.17, 15) is 4.79 Å². The first kappa shape index (κ1) is 10.8. The number of allylic oxidation sites excluding steroid dienone is 5. The number of H-pyrrole nitrogens is 1. The molecule has 90 valence electrons. The number of rotatable bonds is 2. The van der Waals surface area contributed by atoms with Gasteiger partial charge >= 0.3 is 5.69 Å². The minimum Gasteiger partial charge on any atom is -0.306 e. The highest BCUT2D eigenvalue weighted by Gasteiger charge is 2.29. The van der Waals surface area contributed by atoms with Gasteiger partial charge in [-0.05, 0) is 18.6 Å². The van der Waals surface area contributed by atoms with E-state index in [1.807, 2.05) is 48.6 Å². The number of fused-ring (bicyclic) bond motifs is 1. The zero-order chi connectivity index (χ0) is 12.6. The Morgan fingerprint density at radius 3 is 2.89 bits per heavy atom. The second-order valence-electron chi connectivity index (χ2n) is 4.47. The van der Waals surface area contributed by atoms with Crippen molar-refractivity contribution >= 4 is 11.0 Å². The lowest BCUT2D eigenvalue weighted by Crippen LogP contribution is -2.37. The average molecular weight is 238 g/mol. The van der Waals surface area contributed by atoms with Crippen molar-refractivity contribution in [1.82, 2.24) is 9.55 Å². The van der Waals surface area contributed by atoms with E-state index in [1.165, 1.54) is 0 Å². The van der Waals surface area contributed by atoms with Crippen LogP contribution in [0.1, 0.15) is 6.42 Å². The van der Waals surface area contributed by atoms with Crippen molar-refractivity contribution in [3.05, 3.63) is 71.7 Å². The van der Waals surface area contributed by atoms with Gasteiger partial charge in [0.1, 0.15) is 0 Å². The molecule has 0 radical (unpaired) electrons. The van der Waals surface area contributed by atoms with Crippen LogP contribution < -0.4 is 5.69 Å². The summed E-state index contributed by atoms with van der Waals surface area (Å²) in [6.07, 6.45) is 10.6. The van der Waals surface area contributed by atoms with Crippen molar-refractivity contribution in [2.24, 2.45) is 0 Å². The smallest absolute Gasteiger partial charge is 0.306 e. The van der Waals surface area contributed by atoms with Gasteiger partial charge in [-0.1, -0.05) is 42.5 Å². The van der Waals surface area contributed by atoms with Crippen LogP contribution in [-0.4, -0.2) is 9.55 Å². The third-order valence-corrected chi connectivity index (χ3v) is 3.44. The maximum Gasteiger partial charge on any atom is 0.327 e. The minimum atomic E-state index is -0.467. The van der Waals surface area contributed by atoms with Crippen LogP contribution in [-0.2, 0) is 5.54 Å². The van der Waals surface area contributed by atoms with Gasteiger partial charge in [-0.3, -0.25) is 4.57 Å². The molecule has 0 saturated carbocycles. The average Bonchev–Trinajstić information content (AvgIpc) is 2.76. The highest BCUT2D eigenvalue weighted by atomic mass is 16.1. The number of nitrogens with zero attached hydrogens (tertiary/aromatic N) is 1. The largest absolute Gasteiger partial charge is 0.327 e. The van der Waals surface area contributed by atoms with Crippen molar-refractivity contribution in [2.45, 2.75) is 12.0 Å². The van der Waals surface area contributed by atoms with Gasteiger partial charge in [-0.15, -0.1) is 6.58 Å². The van der Waals surface area contributed by atoms with Crippen LogP contribution >= 0.6 is 0 Å². The molecule has 1 aromatic heterocycles. The Bertz CT molecular complexity index is 717. The van der Waals surface area contributed by atoms with Gasteiger partial charge in [0.05, 0.1) is 16.6 Å². The Morgan fingerprint density at radius 2 is 2.17 bits per heavy atom. The fourth-order valence-corrected chi connectivity index (χ4v) is 2.50. The van der Waals surface area contributed by atoms with Gasteiger partial charge in [-0.2, -0.15) is 0 Å². The van der Waals surface area contributed by atoms with E-state index in [0.29, 0.717) is 0 Å². The molecule has 3 nitrogen and oxygen atoms in total. The predicted octanol–water partition coefficient (Wildman–Crippen LogP) is 2.73. The summed E-state index contributed by atoms with van der Waals surface area (Å²) in [5.41, 5.74) is 1.19. The van der Waals surface area contributed by atoms with Crippen molar-refractivity contribution in [3.63, 3.8) is 0 Å². The third kappa shape index (κ3) is 1.40. The number of hydrogen-bond donors (Lipinski definition) is 1. The summed E-state index contributed by atoms with van der Waals surface area (Å²) in [6, 6.07) is 7.71. The van der Waals surface area contributed by atoms with Crippen LogP contribution in [0, 0.1) is 0 Å². The van der Waals surface area contributed by atoms with Crippen molar-refractivity contribution < 1.29 is 0 Å². The van der Waals surface area contributed by atoms with Crippen LogP contribution in [0.2, 0.25) is 0 Å². The standard InChI is InChI=1S/C15H14N2O/c1-2-15(10-6-3-7-11-15)17-13-9-5-4-8-12(13)16-14(17)18/h2-10H,1,11H2,(H,16,18). The summed E-state index contributed by atoms with van der Waals surface area (Å²) in [6.45, 7) is 3.90. The van der Waals surface area contributed by atoms with Gasteiger partial charge in [0, 0.05) is 0 Å². The number of aromatic nitrogens is 2. The summed E-state index contributed by atoms with van der Waals surface area (Å²) in [5, 5.41) is 0. The van der Waals surface area contributed by atoms with E-state index >= 15 is 0 Å². The molecule has 0 saturated heterocycles. The monoisotopic (exact) mass is 238 g/mol. The number of para-hydroxylation sites is 2. The lowest BCUT2D eigenvalue weighted by molar-refractivity contribution is 0.468. The molecule has 1 unspecified atom stereocenters. The predicted molar refractivity (Wildman–Crippen MR) is 73.6 cm³/mol. The number of hydrogen-bond acceptors (Lipinski definition) is 1. The van der Waals surface area contributed by atoms with E-state index in [4.69, 9.17) is 0 Å². The Hall–Kier alpha value is -2.29. The second-order valence-corrected chi connectivity index (χ2v) is 4.47. The summed E-state index contributed by atoms with van der Waals surface area (Å²) in [4.78, 5) is 15.1. The van der Waals surface area contributed by atoms with Gasteiger partial charge in [0.25, 0.3) is 0 Å². The van der Waals surface area contributed by atoms with Gasteiger partial charge in [0.2, 0.25) is 0 Å². The normalized spacial score (nSPS) is 22.4. The molecular formula is C15H14N2O. The van der Waals surface area contributed by atoms with Crippen LogP contribution in [0.5, 0.6) is 0 Å². The van der Waals surface area contributed by atoms with E-state index in [-0.39, 0.29) is 5.69 Å². The molecule has 1 aliphatic rings. The number of nitrogens with one attached hydrogen (secondary N) is 1. The van der Waals surface area contributed by atoms with Crippen LogP contribution in [0.25, 0.3) is 11.0 Å². The summed E-state index contributed by atoms with van der Waals surface area (Å²) >= 11 is 0. The summed E-state index contributed by atoms with van der Waals surface area (Å²) in [7, 11) is 0. The second kappa shape index (κ2) is 3.88. The molecule has 1 N–H and O–H groups in total. The Morgan fingerprint density at radius 1 is 1.33 bits per heavy atom. The molecule has 1 aliphatic carbocycles. The van der Waals surface area contributed by atoms with Gasteiger partial charge in [0.15, 0.2) is 0 Å². The highest BCUT2D eigenvalue weighted by Crippen LogP contribution is 2.29. The summed E-state index contributed by atoms with van der Waals surface area (Å²) in [5.74, 6) is 0. The van der Waals surface area contributed by atoms with Gasteiger partial charge < -0.3 is 4.98 Å². The van der Waals surface area contributed by atoms with Gasteiger partial charge in [-0.25, -0.2) is 4.79 Å². The molecule has 0 aliphatic heterocycles. The van der Waals surface area contributed by atoms with E-state index in [0.717, 1.165) is 17.5 Å². The molecule has 0 bridgehead atoms. The molecular weight excluding hydrogens is 224 g/mol. The molecule has 18 heavy (non-hydrogen) atoms. The Balaban J connectivity index is 2.34. The highest BCUT2D eigenvalue weighted by molar-refractivity contribution is 5.75. The zero-order valence-electron chi connectivity index (χ0n) is 9.97. The Labute approximate surface area is 105 Å². The number of imidazole rings is 1. The molecule has 1 atom stereocenters. The van der Waals surface area contributed by atoms with Crippen LogP contribution in [0.3, 0.4) is 0 Å². The van der Waals surface area contributed by atoms with E-state index in [2.05, 4.69) is 17.6 Å². The SMILES string of the molecule is C=CC1(n2c(=O)[nH]c3ccccc32)C=CC=CC1. The van der Waals surface area contributed by atoms with Crippen molar-refractivity contribution in [2.75, 3.05) is 0 Å². The fraction of sp³-hybridized carbons (Fsp3) is 0.133. The molecule has 3 rings (SSSR count). The maximum atomic E-state index is 12.2. The molecule has 0 fully saturated rings. The Kier molecular flexibility index (Phi) is 2.33. The lowest BCUT2D eigenvalue weighted by atomic mass is 9.91. The van der Waals surface area contributed by atoms with Crippen molar-refractivity contribution in [1.29, 1.82) is 0 Å². The molecule has 1 heterocycles. The fourth-order valence-electron chi connectivity index (χ4n) is 2.50. The molecule has 0 amide bonds. The first-order valence-electron chi connectivity index (χ1n) is 5.95.